The molecule has 0 radical (unpaired) electrons. The molecule has 0 aromatic heterocycles. The highest BCUT2D eigenvalue weighted by molar-refractivity contribution is 5.22. The van der Waals surface area contributed by atoms with Gasteiger partial charge in [-0.3, -0.25) is 0 Å². The van der Waals surface area contributed by atoms with Crippen molar-refractivity contribution >= 4 is 0 Å². The van der Waals surface area contributed by atoms with Crippen LogP contribution in [0.15, 0.2) is 60.7 Å². The van der Waals surface area contributed by atoms with Crippen molar-refractivity contribution in [2.45, 2.75) is 14.0 Å². The molecule has 0 aliphatic carbocycles. The van der Waals surface area contributed by atoms with Gasteiger partial charge in [0, 0.05) is 0 Å². The molecule has 0 aliphatic heterocycles. The SMILES string of the molecule is C.c1ccc(COc2ccccc2)cc1. The Morgan fingerprint density at radius 1 is 0.733 bits per heavy atom. The Balaban J connectivity index is 0.00000112. The molecule has 2 aromatic rings. The van der Waals surface area contributed by atoms with Crippen molar-refractivity contribution in [1.82, 2.24) is 0 Å². The van der Waals surface area contributed by atoms with Gasteiger partial charge in [0.05, 0.1) is 0 Å². The smallest absolute Gasteiger partial charge is 0.119 e. The van der Waals surface area contributed by atoms with Crippen molar-refractivity contribution in [3.63, 3.8) is 0 Å². The van der Waals surface area contributed by atoms with Crippen LogP contribution in [0.25, 0.3) is 0 Å². The molecular weight excluding hydrogens is 184 g/mol. The van der Waals surface area contributed by atoms with Gasteiger partial charge in [0.25, 0.3) is 0 Å². The summed E-state index contributed by atoms with van der Waals surface area (Å²) in [6.45, 7) is 0.630. The maximum absolute atomic E-state index is 5.59. The Morgan fingerprint density at radius 3 is 1.87 bits per heavy atom. The summed E-state index contributed by atoms with van der Waals surface area (Å²) in [5.74, 6) is 0.913. The van der Waals surface area contributed by atoms with Crippen LogP contribution in [0, 0.1) is 0 Å². The Kier molecular flexibility index (Phi) is 4.42. The molecule has 78 valence electrons. The van der Waals surface area contributed by atoms with Crippen LogP contribution >= 0.6 is 0 Å². The summed E-state index contributed by atoms with van der Waals surface area (Å²) < 4.78 is 5.59. The van der Waals surface area contributed by atoms with Crippen LogP contribution in [0.1, 0.15) is 13.0 Å². The van der Waals surface area contributed by atoms with E-state index < -0.39 is 0 Å². The zero-order chi connectivity index (χ0) is 9.64. The molecule has 0 N–H and O–H groups in total. The van der Waals surface area contributed by atoms with Gasteiger partial charge in [-0.25, -0.2) is 0 Å². The monoisotopic (exact) mass is 200 g/mol. The predicted octanol–water partition coefficient (Wildman–Crippen LogP) is 3.90. The maximum atomic E-state index is 5.59. The summed E-state index contributed by atoms with van der Waals surface area (Å²) in [6.07, 6.45) is 0. The van der Waals surface area contributed by atoms with Crippen molar-refractivity contribution in [3.05, 3.63) is 66.2 Å². The van der Waals surface area contributed by atoms with Crippen LogP contribution in [0.4, 0.5) is 0 Å². The third-order valence-corrected chi connectivity index (χ3v) is 1.99. The van der Waals surface area contributed by atoms with Crippen LogP contribution in [-0.2, 0) is 6.61 Å². The van der Waals surface area contributed by atoms with Crippen LogP contribution in [0.2, 0.25) is 0 Å². The molecule has 0 bridgehead atoms. The van der Waals surface area contributed by atoms with E-state index in [4.69, 9.17) is 4.74 Å². The van der Waals surface area contributed by atoms with E-state index in [0.717, 1.165) is 5.75 Å². The summed E-state index contributed by atoms with van der Waals surface area (Å²) in [5.41, 5.74) is 1.19. The lowest BCUT2D eigenvalue weighted by molar-refractivity contribution is 0.306. The lowest BCUT2D eigenvalue weighted by atomic mass is 10.2. The molecule has 0 fully saturated rings. The van der Waals surface area contributed by atoms with Crippen molar-refractivity contribution in [3.8, 4) is 5.75 Å². The van der Waals surface area contributed by atoms with Gasteiger partial charge in [-0.05, 0) is 17.7 Å². The largest absolute Gasteiger partial charge is 0.489 e. The minimum atomic E-state index is 0. The van der Waals surface area contributed by atoms with Gasteiger partial charge in [0.15, 0.2) is 0 Å². The molecule has 1 nitrogen and oxygen atoms in total. The second-order valence-corrected chi connectivity index (χ2v) is 3.09. The van der Waals surface area contributed by atoms with Gasteiger partial charge in [-0.2, -0.15) is 0 Å². The van der Waals surface area contributed by atoms with Crippen molar-refractivity contribution in [2.75, 3.05) is 0 Å². The highest BCUT2D eigenvalue weighted by Gasteiger charge is 1.92. The van der Waals surface area contributed by atoms with Gasteiger partial charge in [0.1, 0.15) is 12.4 Å². The normalized spacial score (nSPS) is 9.07. The lowest BCUT2D eigenvalue weighted by Crippen LogP contribution is -1.94. The Hall–Kier alpha value is -1.76. The standard InChI is InChI=1S/C13H12O.CH4/c1-3-7-12(8-4-1)11-14-13-9-5-2-6-10-13;/h1-10H,11H2;1H4. The Bertz CT molecular complexity index is 328. The van der Waals surface area contributed by atoms with Crippen molar-refractivity contribution in [1.29, 1.82) is 0 Å². The Morgan fingerprint density at radius 2 is 1.27 bits per heavy atom. The second-order valence-electron chi connectivity index (χ2n) is 3.09. The molecule has 15 heavy (non-hydrogen) atoms. The molecule has 0 atom stereocenters. The van der Waals surface area contributed by atoms with E-state index in [9.17, 15) is 0 Å². The fourth-order valence-electron chi connectivity index (χ4n) is 1.26. The minimum absolute atomic E-state index is 0. The first-order valence-corrected chi connectivity index (χ1v) is 4.67. The van der Waals surface area contributed by atoms with E-state index in [1.807, 2.05) is 48.5 Å². The van der Waals surface area contributed by atoms with Crippen LogP contribution in [0.3, 0.4) is 0 Å². The first kappa shape index (κ1) is 11.3. The quantitative estimate of drug-likeness (QED) is 0.730. The van der Waals surface area contributed by atoms with Gasteiger partial charge in [-0.1, -0.05) is 56.0 Å². The molecule has 0 spiro atoms. The molecule has 0 unspecified atom stereocenters. The summed E-state index contributed by atoms with van der Waals surface area (Å²) >= 11 is 0. The fraction of sp³-hybridized carbons (Fsp3) is 0.143. The number of benzene rings is 2. The van der Waals surface area contributed by atoms with Gasteiger partial charge in [0.2, 0.25) is 0 Å². The first-order valence-electron chi connectivity index (χ1n) is 4.67. The van der Waals surface area contributed by atoms with E-state index in [-0.39, 0.29) is 7.43 Å². The average molecular weight is 200 g/mol. The Labute approximate surface area is 91.3 Å². The average Bonchev–Trinajstić information content (AvgIpc) is 2.29. The van der Waals surface area contributed by atoms with E-state index in [1.165, 1.54) is 5.56 Å². The topological polar surface area (TPSA) is 9.23 Å². The highest BCUT2D eigenvalue weighted by atomic mass is 16.5. The molecule has 1 heteroatoms. The number of hydrogen-bond acceptors (Lipinski definition) is 1. The molecule has 2 aromatic carbocycles. The van der Waals surface area contributed by atoms with Crippen molar-refractivity contribution < 1.29 is 4.74 Å². The first-order chi connectivity index (χ1) is 6.95. The lowest BCUT2D eigenvalue weighted by Gasteiger charge is -2.05. The summed E-state index contributed by atoms with van der Waals surface area (Å²) in [7, 11) is 0. The number of hydrogen-bond donors (Lipinski definition) is 0. The summed E-state index contributed by atoms with van der Waals surface area (Å²) in [6, 6.07) is 20.0. The molecule has 0 aliphatic rings. The third-order valence-electron chi connectivity index (χ3n) is 1.99. The maximum Gasteiger partial charge on any atom is 0.119 e. The van der Waals surface area contributed by atoms with E-state index in [1.54, 1.807) is 0 Å². The molecule has 0 saturated heterocycles. The van der Waals surface area contributed by atoms with Gasteiger partial charge in [-0.15, -0.1) is 0 Å². The summed E-state index contributed by atoms with van der Waals surface area (Å²) in [4.78, 5) is 0. The molecule has 0 heterocycles. The summed E-state index contributed by atoms with van der Waals surface area (Å²) in [5, 5.41) is 0. The predicted molar refractivity (Wildman–Crippen MR) is 63.9 cm³/mol. The molecule has 0 saturated carbocycles. The van der Waals surface area contributed by atoms with E-state index in [2.05, 4.69) is 12.1 Å². The molecule has 0 amide bonds. The zero-order valence-electron chi connectivity index (χ0n) is 7.89. The number of para-hydroxylation sites is 1. The molecule has 2 rings (SSSR count). The van der Waals surface area contributed by atoms with E-state index in [0.29, 0.717) is 6.61 Å². The fourth-order valence-corrected chi connectivity index (χ4v) is 1.26. The zero-order valence-corrected chi connectivity index (χ0v) is 7.89. The number of ether oxygens (including phenoxy) is 1. The molecular formula is C14H16O. The second kappa shape index (κ2) is 5.86. The third kappa shape index (κ3) is 3.47. The van der Waals surface area contributed by atoms with Crippen LogP contribution < -0.4 is 4.74 Å². The van der Waals surface area contributed by atoms with Gasteiger partial charge >= 0.3 is 0 Å². The highest BCUT2D eigenvalue weighted by Crippen LogP contribution is 2.10. The van der Waals surface area contributed by atoms with E-state index >= 15 is 0 Å². The van der Waals surface area contributed by atoms with Crippen LogP contribution in [0.5, 0.6) is 5.75 Å². The minimum Gasteiger partial charge on any atom is -0.489 e. The van der Waals surface area contributed by atoms with Crippen LogP contribution in [-0.4, -0.2) is 0 Å². The number of rotatable bonds is 3. The van der Waals surface area contributed by atoms with Gasteiger partial charge < -0.3 is 4.74 Å². The van der Waals surface area contributed by atoms with Crippen molar-refractivity contribution in [2.24, 2.45) is 0 Å².